The molecule has 210 valence electrons. The number of rotatable bonds is 7. The second kappa shape index (κ2) is 11.8. The molecule has 2 amide bonds. The standard InChI is InChI=1S/C30H32F3N5O2/c1-36(25-9-10-37(26(12-25)14-31)17-21-15-34-20-35-16-21)29(40)38-18-22(27-11-24(32)7-8-28(27)33)13-30(38,19-39)23-5-3-2-4-6-23/h2-8,11,13,15-16,20,25-26,39H,9-10,12,14,17-19H2,1H3/t25?,26?,30-/m1/s1. The first kappa shape index (κ1) is 27.8. The first-order valence-corrected chi connectivity index (χ1v) is 13.3. The van der Waals surface area contributed by atoms with Crippen LogP contribution in [0.25, 0.3) is 5.57 Å². The SMILES string of the molecule is CN(C(=O)N1CC(c2cc(F)ccc2F)=C[C@@]1(CO)c1ccccc1)C1CCN(Cc2cncnc2)C(CF)C1. The molecule has 2 aliphatic rings. The molecule has 0 spiro atoms. The van der Waals surface area contributed by atoms with Crippen LogP contribution in [0.5, 0.6) is 0 Å². The molecule has 3 atom stereocenters. The van der Waals surface area contributed by atoms with Gasteiger partial charge in [-0.05, 0) is 48.3 Å². The second-order valence-electron chi connectivity index (χ2n) is 10.4. The fraction of sp³-hybridized carbons (Fsp3) is 0.367. The summed E-state index contributed by atoms with van der Waals surface area (Å²) < 4.78 is 43.1. The van der Waals surface area contributed by atoms with Crippen LogP contribution in [0.1, 0.15) is 29.5 Å². The molecule has 5 rings (SSSR count). The van der Waals surface area contributed by atoms with E-state index in [0.717, 1.165) is 23.8 Å². The van der Waals surface area contributed by atoms with Crippen molar-refractivity contribution in [3.63, 3.8) is 0 Å². The van der Waals surface area contributed by atoms with Crippen LogP contribution in [0.4, 0.5) is 18.0 Å². The summed E-state index contributed by atoms with van der Waals surface area (Å²) in [6.45, 7) is 0.0405. The van der Waals surface area contributed by atoms with Gasteiger partial charge in [-0.15, -0.1) is 0 Å². The number of amides is 2. The maximum Gasteiger partial charge on any atom is 0.321 e. The average Bonchev–Trinajstić information content (AvgIpc) is 3.39. The summed E-state index contributed by atoms with van der Waals surface area (Å²) in [6.07, 6.45) is 7.57. The Labute approximate surface area is 231 Å². The van der Waals surface area contributed by atoms with E-state index in [0.29, 0.717) is 37.1 Å². The Morgan fingerprint density at radius 1 is 1.15 bits per heavy atom. The molecule has 0 bridgehead atoms. The zero-order chi connectivity index (χ0) is 28.3. The van der Waals surface area contributed by atoms with E-state index in [1.165, 1.54) is 11.2 Å². The Hall–Kier alpha value is -3.76. The van der Waals surface area contributed by atoms with Gasteiger partial charge < -0.3 is 14.9 Å². The van der Waals surface area contributed by atoms with Gasteiger partial charge in [-0.25, -0.2) is 27.9 Å². The molecule has 3 heterocycles. The minimum absolute atomic E-state index is 0.0294. The van der Waals surface area contributed by atoms with Crippen LogP contribution in [0.2, 0.25) is 0 Å². The predicted molar refractivity (Wildman–Crippen MR) is 145 cm³/mol. The molecule has 2 unspecified atom stereocenters. The normalized spacial score (nSPS) is 23.2. The molecule has 0 aliphatic carbocycles. The first-order valence-electron chi connectivity index (χ1n) is 13.3. The van der Waals surface area contributed by atoms with E-state index in [1.807, 2.05) is 11.0 Å². The molecule has 10 heteroatoms. The molecule has 1 saturated heterocycles. The number of likely N-dealkylation sites (tertiary alicyclic amines) is 1. The van der Waals surface area contributed by atoms with Gasteiger partial charge >= 0.3 is 6.03 Å². The number of hydrogen-bond donors (Lipinski definition) is 1. The van der Waals surface area contributed by atoms with Crippen molar-refractivity contribution in [2.45, 2.75) is 37.0 Å². The lowest BCUT2D eigenvalue weighted by Crippen LogP contribution is -2.57. The van der Waals surface area contributed by atoms with Crippen molar-refractivity contribution in [2.75, 3.05) is 33.4 Å². The van der Waals surface area contributed by atoms with Crippen LogP contribution in [-0.4, -0.2) is 81.3 Å². The molecule has 3 aromatic rings. The summed E-state index contributed by atoms with van der Waals surface area (Å²) in [7, 11) is 1.68. The van der Waals surface area contributed by atoms with Crippen molar-refractivity contribution in [1.82, 2.24) is 24.7 Å². The monoisotopic (exact) mass is 551 g/mol. The maximum absolute atomic E-state index is 14.8. The lowest BCUT2D eigenvalue weighted by Gasteiger charge is -2.44. The van der Waals surface area contributed by atoms with Gasteiger partial charge in [0.25, 0.3) is 0 Å². The van der Waals surface area contributed by atoms with E-state index < -0.39 is 30.5 Å². The lowest BCUT2D eigenvalue weighted by atomic mass is 9.89. The van der Waals surface area contributed by atoms with Crippen molar-refractivity contribution in [3.05, 3.63) is 102 Å². The topological polar surface area (TPSA) is 72.8 Å². The number of aromatic nitrogens is 2. The quantitative estimate of drug-likeness (QED) is 0.472. The molecule has 1 fully saturated rings. The number of halogens is 3. The highest BCUT2D eigenvalue weighted by atomic mass is 19.1. The largest absolute Gasteiger partial charge is 0.393 e. The minimum Gasteiger partial charge on any atom is -0.393 e. The number of urea groups is 1. The number of piperidine rings is 1. The lowest BCUT2D eigenvalue weighted by molar-refractivity contribution is 0.0452. The molecule has 2 aliphatic heterocycles. The number of carbonyl (C=O) groups is 1. The van der Waals surface area contributed by atoms with Crippen LogP contribution in [0.15, 0.2) is 73.3 Å². The maximum atomic E-state index is 14.8. The fourth-order valence-electron chi connectivity index (χ4n) is 5.85. The Morgan fingerprint density at radius 2 is 1.90 bits per heavy atom. The zero-order valence-corrected chi connectivity index (χ0v) is 22.3. The molecular formula is C30H32F3N5O2. The third-order valence-corrected chi connectivity index (χ3v) is 8.08. The summed E-state index contributed by atoms with van der Waals surface area (Å²) >= 11 is 0. The van der Waals surface area contributed by atoms with Crippen molar-refractivity contribution >= 4 is 11.6 Å². The molecule has 0 saturated carbocycles. The van der Waals surface area contributed by atoms with Gasteiger partial charge in [0.15, 0.2) is 0 Å². The van der Waals surface area contributed by atoms with Crippen LogP contribution < -0.4 is 0 Å². The molecule has 1 N–H and O–H groups in total. The minimum atomic E-state index is -1.28. The average molecular weight is 552 g/mol. The third kappa shape index (κ3) is 5.33. The van der Waals surface area contributed by atoms with E-state index in [9.17, 15) is 23.1 Å². The smallest absolute Gasteiger partial charge is 0.321 e. The Balaban J connectivity index is 1.41. The van der Waals surface area contributed by atoms with Gasteiger partial charge in [0, 0.05) is 62.3 Å². The number of aliphatic hydroxyl groups is 1. The Kier molecular flexibility index (Phi) is 8.18. The van der Waals surface area contributed by atoms with Gasteiger partial charge in [0.05, 0.1) is 6.61 Å². The fourth-order valence-corrected chi connectivity index (χ4v) is 5.85. The molecule has 2 aromatic carbocycles. The highest BCUT2D eigenvalue weighted by Gasteiger charge is 2.47. The van der Waals surface area contributed by atoms with Gasteiger partial charge in [-0.3, -0.25) is 4.90 Å². The summed E-state index contributed by atoms with van der Waals surface area (Å²) in [5.74, 6) is -1.21. The van der Waals surface area contributed by atoms with Crippen LogP contribution in [-0.2, 0) is 12.1 Å². The van der Waals surface area contributed by atoms with Crippen LogP contribution >= 0.6 is 0 Å². The summed E-state index contributed by atoms with van der Waals surface area (Å²) in [5.41, 5.74) is 0.696. The Morgan fingerprint density at radius 3 is 2.60 bits per heavy atom. The van der Waals surface area contributed by atoms with Gasteiger partial charge in [0.1, 0.15) is 30.2 Å². The van der Waals surface area contributed by atoms with E-state index in [2.05, 4.69) is 9.97 Å². The van der Waals surface area contributed by atoms with Crippen molar-refractivity contribution in [3.8, 4) is 0 Å². The zero-order valence-electron chi connectivity index (χ0n) is 22.3. The van der Waals surface area contributed by atoms with Crippen LogP contribution in [0.3, 0.4) is 0 Å². The molecular weight excluding hydrogens is 519 g/mol. The number of hydrogen-bond acceptors (Lipinski definition) is 5. The third-order valence-electron chi connectivity index (χ3n) is 8.08. The Bertz CT molecular complexity index is 1360. The van der Waals surface area contributed by atoms with Gasteiger partial charge in [0.2, 0.25) is 0 Å². The van der Waals surface area contributed by atoms with E-state index in [4.69, 9.17) is 0 Å². The summed E-state index contributed by atoms with van der Waals surface area (Å²) in [5, 5.41) is 10.7. The molecule has 40 heavy (non-hydrogen) atoms. The summed E-state index contributed by atoms with van der Waals surface area (Å²) in [6, 6.07) is 11.2. The van der Waals surface area contributed by atoms with E-state index in [1.54, 1.807) is 54.7 Å². The number of nitrogens with zero attached hydrogens (tertiary/aromatic N) is 5. The first-order chi connectivity index (χ1) is 19.4. The van der Waals surface area contributed by atoms with E-state index in [-0.39, 0.29) is 30.2 Å². The van der Waals surface area contributed by atoms with E-state index >= 15 is 0 Å². The predicted octanol–water partition coefficient (Wildman–Crippen LogP) is 4.40. The van der Waals surface area contributed by atoms with Crippen molar-refractivity contribution < 1.29 is 23.1 Å². The molecule has 0 radical (unpaired) electrons. The summed E-state index contributed by atoms with van der Waals surface area (Å²) in [4.78, 5) is 27.3. The number of benzene rings is 2. The van der Waals surface area contributed by atoms with Gasteiger partial charge in [-0.2, -0.15) is 0 Å². The van der Waals surface area contributed by atoms with Crippen molar-refractivity contribution in [2.24, 2.45) is 0 Å². The number of carbonyl (C=O) groups excluding carboxylic acids is 1. The molecule has 7 nitrogen and oxygen atoms in total. The number of aliphatic hydroxyl groups excluding tert-OH is 1. The van der Waals surface area contributed by atoms with Crippen LogP contribution in [0, 0.1) is 11.6 Å². The van der Waals surface area contributed by atoms with Gasteiger partial charge in [-0.1, -0.05) is 30.3 Å². The highest BCUT2D eigenvalue weighted by molar-refractivity contribution is 5.83. The highest BCUT2D eigenvalue weighted by Crippen LogP contribution is 2.41. The molecule has 1 aromatic heterocycles. The number of alkyl halides is 1. The second-order valence-corrected chi connectivity index (χ2v) is 10.4. The van der Waals surface area contributed by atoms with Crippen molar-refractivity contribution in [1.29, 1.82) is 0 Å².